The lowest BCUT2D eigenvalue weighted by atomic mass is 9.49. The van der Waals surface area contributed by atoms with Crippen LogP contribution in [-0.4, -0.2) is 0 Å². The number of hydrogen-bond acceptors (Lipinski definition) is 2. The molecule has 8 aliphatic carbocycles. The van der Waals surface area contributed by atoms with E-state index in [0.717, 1.165) is 35.5 Å². The Morgan fingerprint density at radius 3 is 1.19 bits per heavy atom. The molecule has 1 aromatic heterocycles. The average Bonchev–Trinajstić information content (AvgIpc) is 2.59. The van der Waals surface area contributed by atoms with E-state index in [1.165, 1.54) is 86.8 Å². The number of rotatable bonds is 2. The second kappa shape index (κ2) is 5.29. The molecule has 1 heterocycles. The van der Waals surface area contributed by atoms with Crippen LogP contribution in [0.25, 0.3) is 0 Å². The van der Waals surface area contributed by atoms with Crippen LogP contribution < -0.4 is 5.43 Å². The van der Waals surface area contributed by atoms with E-state index in [1.807, 2.05) is 0 Å². The van der Waals surface area contributed by atoms with Crippen LogP contribution in [0.3, 0.4) is 0 Å². The molecule has 8 fully saturated rings. The van der Waals surface area contributed by atoms with Gasteiger partial charge in [-0.3, -0.25) is 4.79 Å². The van der Waals surface area contributed by atoms with Gasteiger partial charge in [0.05, 0.1) is 0 Å². The predicted octanol–water partition coefficient (Wildman–Crippen LogP) is 6.04. The van der Waals surface area contributed by atoms with E-state index in [9.17, 15) is 4.79 Å². The minimum atomic E-state index is 0.324. The molecule has 0 aliphatic heterocycles. The fourth-order valence-corrected chi connectivity index (χ4v) is 11.3. The van der Waals surface area contributed by atoms with Crippen LogP contribution in [-0.2, 0) is 10.8 Å². The van der Waals surface area contributed by atoms with Gasteiger partial charge in [0.2, 0.25) is 0 Å². The van der Waals surface area contributed by atoms with Gasteiger partial charge in [-0.25, -0.2) is 0 Å². The third-order valence-corrected chi connectivity index (χ3v) is 11.4. The first-order valence-corrected chi connectivity index (χ1v) is 12.6. The summed E-state index contributed by atoms with van der Waals surface area (Å²) in [5.74, 6) is 5.76. The average molecular weight is 381 g/mol. The lowest BCUT2D eigenvalue weighted by Crippen LogP contribution is -2.49. The summed E-state index contributed by atoms with van der Waals surface area (Å²) in [4.78, 5) is 15.9. The predicted molar refractivity (Wildman–Crippen MR) is 110 cm³/mol. The minimum Gasteiger partial charge on any atom is -0.290 e. The van der Waals surface area contributed by atoms with E-state index < -0.39 is 0 Å². The van der Waals surface area contributed by atoms with Gasteiger partial charge in [-0.15, -0.1) is 11.3 Å². The summed E-state index contributed by atoms with van der Waals surface area (Å²) in [6, 6.07) is 4.17. The molecular formula is C25H32OS. The smallest absolute Gasteiger partial charge is 0.180 e. The monoisotopic (exact) mass is 380 g/mol. The van der Waals surface area contributed by atoms with Gasteiger partial charge < -0.3 is 0 Å². The molecule has 2 heteroatoms. The molecule has 0 radical (unpaired) electrons. The van der Waals surface area contributed by atoms with Gasteiger partial charge in [0.25, 0.3) is 0 Å². The SMILES string of the molecule is O=c1cc(C23CC4CC(CC(C4)C2)C3)sc(C23CC4CC(CC(C4)C2)C3)c1. The summed E-state index contributed by atoms with van der Waals surface area (Å²) in [5, 5.41) is 0. The molecule has 0 spiro atoms. The minimum absolute atomic E-state index is 0.324. The molecule has 0 aromatic carbocycles. The highest BCUT2D eigenvalue weighted by atomic mass is 32.1. The molecule has 144 valence electrons. The molecule has 0 N–H and O–H groups in total. The highest BCUT2D eigenvalue weighted by Crippen LogP contribution is 2.64. The van der Waals surface area contributed by atoms with E-state index in [-0.39, 0.29) is 0 Å². The third-order valence-electron chi connectivity index (χ3n) is 9.89. The topological polar surface area (TPSA) is 17.1 Å². The van der Waals surface area contributed by atoms with Crippen molar-refractivity contribution in [3.63, 3.8) is 0 Å². The van der Waals surface area contributed by atoms with Gasteiger partial charge >= 0.3 is 0 Å². The Kier molecular flexibility index (Phi) is 3.17. The van der Waals surface area contributed by atoms with Crippen LogP contribution in [0.1, 0.15) is 86.8 Å². The maximum atomic E-state index is 12.9. The van der Waals surface area contributed by atoms with Crippen molar-refractivity contribution in [2.75, 3.05) is 0 Å². The Labute approximate surface area is 167 Å². The highest BCUT2D eigenvalue weighted by Gasteiger charge is 2.54. The van der Waals surface area contributed by atoms with Gasteiger partial charge in [0.1, 0.15) is 0 Å². The van der Waals surface area contributed by atoms with Crippen LogP contribution in [0.5, 0.6) is 0 Å². The van der Waals surface area contributed by atoms with E-state index in [2.05, 4.69) is 23.5 Å². The zero-order valence-corrected chi connectivity index (χ0v) is 17.2. The van der Waals surface area contributed by atoms with Crippen LogP contribution in [0.2, 0.25) is 0 Å². The largest absolute Gasteiger partial charge is 0.290 e. The van der Waals surface area contributed by atoms with E-state index in [0.29, 0.717) is 16.3 Å². The van der Waals surface area contributed by atoms with Crippen LogP contribution >= 0.6 is 11.3 Å². The summed E-state index contributed by atoms with van der Waals surface area (Å²) in [7, 11) is 0. The van der Waals surface area contributed by atoms with Crippen molar-refractivity contribution >= 4 is 11.3 Å². The fourth-order valence-electron chi connectivity index (χ4n) is 9.83. The van der Waals surface area contributed by atoms with Crippen molar-refractivity contribution in [1.82, 2.24) is 0 Å². The molecule has 9 rings (SSSR count). The van der Waals surface area contributed by atoms with E-state index >= 15 is 0 Å². The Hall–Kier alpha value is -0.630. The molecule has 8 bridgehead atoms. The van der Waals surface area contributed by atoms with Crippen LogP contribution in [0.15, 0.2) is 16.9 Å². The van der Waals surface area contributed by atoms with Crippen molar-refractivity contribution in [2.45, 2.75) is 87.9 Å². The van der Waals surface area contributed by atoms with Crippen LogP contribution in [0, 0.1) is 35.5 Å². The molecule has 0 unspecified atom stereocenters. The first-order chi connectivity index (χ1) is 13.1. The lowest BCUT2D eigenvalue weighted by Gasteiger charge is -2.58. The van der Waals surface area contributed by atoms with Gasteiger partial charge in [-0.2, -0.15) is 0 Å². The molecule has 1 nitrogen and oxygen atoms in total. The molecule has 0 atom stereocenters. The van der Waals surface area contributed by atoms with Gasteiger partial charge in [-0.1, -0.05) is 0 Å². The maximum Gasteiger partial charge on any atom is 0.180 e. The lowest BCUT2D eigenvalue weighted by molar-refractivity contribution is -0.00508. The Morgan fingerprint density at radius 2 is 0.889 bits per heavy atom. The van der Waals surface area contributed by atoms with Crippen molar-refractivity contribution < 1.29 is 0 Å². The van der Waals surface area contributed by atoms with Crippen molar-refractivity contribution in [3.8, 4) is 0 Å². The molecular weight excluding hydrogens is 348 g/mol. The normalized spacial score (nSPS) is 51.9. The maximum absolute atomic E-state index is 12.9. The first-order valence-electron chi connectivity index (χ1n) is 11.7. The molecule has 27 heavy (non-hydrogen) atoms. The van der Waals surface area contributed by atoms with E-state index in [1.54, 1.807) is 0 Å². The second-order valence-electron chi connectivity index (χ2n) is 11.9. The fraction of sp³-hybridized carbons (Fsp3) is 0.800. The van der Waals surface area contributed by atoms with Gasteiger partial charge in [-0.05, 0) is 125 Å². The second-order valence-corrected chi connectivity index (χ2v) is 13.0. The number of hydrogen-bond donors (Lipinski definition) is 0. The van der Waals surface area contributed by atoms with Crippen molar-refractivity contribution in [1.29, 1.82) is 0 Å². The van der Waals surface area contributed by atoms with E-state index in [4.69, 9.17) is 0 Å². The van der Waals surface area contributed by atoms with Crippen molar-refractivity contribution in [3.05, 3.63) is 32.1 Å². The summed E-state index contributed by atoms with van der Waals surface area (Å²) in [6.07, 6.45) is 17.3. The Bertz CT molecular complexity index is 712. The zero-order valence-electron chi connectivity index (χ0n) is 16.4. The van der Waals surface area contributed by atoms with Crippen LogP contribution in [0.4, 0.5) is 0 Å². The standard InChI is InChI=1S/C25H32OS/c26-21-7-22(24-9-15-1-16(10-24)3-17(2-15)11-24)27-23(8-21)25-12-18-4-19(13-25)6-20(5-18)14-25/h7-8,15-20H,1-6,9-14H2. The zero-order chi connectivity index (χ0) is 17.8. The third kappa shape index (κ3) is 2.31. The molecule has 8 aliphatic rings. The summed E-state index contributed by atoms with van der Waals surface area (Å²) >= 11 is 2.11. The highest BCUT2D eigenvalue weighted by molar-refractivity contribution is 7.12. The Morgan fingerprint density at radius 1 is 0.593 bits per heavy atom. The van der Waals surface area contributed by atoms with Crippen molar-refractivity contribution in [2.24, 2.45) is 35.5 Å². The molecule has 0 saturated heterocycles. The molecule has 8 saturated carbocycles. The van der Waals surface area contributed by atoms with Gasteiger partial charge in [0, 0.05) is 20.6 Å². The summed E-state index contributed by atoms with van der Waals surface area (Å²) < 4.78 is 0. The Balaban J connectivity index is 1.32. The first kappa shape index (κ1) is 16.2. The quantitative estimate of drug-likeness (QED) is 0.611. The molecule has 1 aromatic rings. The molecule has 0 amide bonds. The summed E-state index contributed by atoms with van der Waals surface area (Å²) in [5.41, 5.74) is 1.10. The van der Waals surface area contributed by atoms with Gasteiger partial charge in [0.15, 0.2) is 5.43 Å². The summed E-state index contributed by atoms with van der Waals surface area (Å²) in [6.45, 7) is 0.